The normalized spacial score (nSPS) is 11.2. The van der Waals surface area contributed by atoms with E-state index in [1.54, 1.807) is 18.2 Å². The molecule has 1 heterocycles. The fraction of sp³-hybridized carbons (Fsp3) is 0.227. The Morgan fingerprint density at radius 2 is 1.97 bits per heavy atom. The number of rotatable bonds is 8. The number of alkyl halides is 3. The molecule has 0 radical (unpaired) electrons. The van der Waals surface area contributed by atoms with Crippen LogP contribution in [0.25, 0.3) is 0 Å². The smallest absolute Gasteiger partial charge is 0.494 e. The van der Waals surface area contributed by atoms with Gasteiger partial charge in [0.2, 0.25) is 0 Å². The molecule has 0 amide bonds. The first-order chi connectivity index (χ1) is 15.6. The number of para-hydroxylation sites is 1. The second kappa shape index (κ2) is 9.95. The highest BCUT2D eigenvalue weighted by Crippen LogP contribution is 2.33. The number of halogens is 4. The highest BCUT2D eigenvalue weighted by Gasteiger charge is 2.32. The van der Waals surface area contributed by atoms with E-state index in [4.69, 9.17) is 21.7 Å². The van der Waals surface area contributed by atoms with Crippen molar-refractivity contribution in [2.45, 2.75) is 26.6 Å². The average Bonchev–Trinajstić information content (AvgIpc) is 2.72. The molecule has 0 aliphatic heterocycles. The summed E-state index contributed by atoms with van der Waals surface area (Å²) in [7, 11) is 0. The molecule has 7 nitrogen and oxygen atoms in total. The second-order valence-electron chi connectivity index (χ2n) is 6.91. The Labute approximate surface area is 192 Å². The third-order valence-corrected chi connectivity index (χ3v) is 4.84. The molecule has 3 rings (SSSR count). The molecule has 11 heteroatoms. The summed E-state index contributed by atoms with van der Waals surface area (Å²) in [6.45, 7) is 4.12. The van der Waals surface area contributed by atoms with Crippen LogP contribution in [0.1, 0.15) is 29.4 Å². The quantitative estimate of drug-likeness (QED) is 0.377. The first kappa shape index (κ1) is 24.1. The maximum Gasteiger partial charge on any atom is 0.573 e. The molecule has 2 aromatic carbocycles. The predicted octanol–water partition coefficient (Wildman–Crippen LogP) is 5.36. The Morgan fingerprint density at radius 1 is 1.24 bits per heavy atom. The lowest BCUT2D eigenvalue weighted by Crippen LogP contribution is -2.20. The molecule has 0 fully saturated rings. The lowest BCUT2D eigenvalue weighted by Gasteiger charge is -2.15. The van der Waals surface area contributed by atoms with Crippen LogP contribution in [0.15, 0.2) is 41.2 Å². The summed E-state index contributed by atoms with van der Waals surface area (Å²) in [5.74, 6) is 0.304. The monoisotopic (exact) mass is 480 g/mol. The summed E-state index contributed by atoms with van der Waals surface area (Å²) in [5, 5.41) is 10.8. The predicted molar refractivity (Wildman–Crippen MR) is 119 cm³/mol. The van der Waals surface area contributed by atoms with E-state index in [-0.39, 0.29) is 29.2 Å². The lowest BCUT2D eigenvalue weighted by atomic mass is 10.1. The zero-order chi connectivity index (χ0) is 24.2. The van der Waals surface area contributed by atoms with Crippen molar-refractivity contribution in [1.82, 2.24) is 9.97 Å². The summed E-state index contributed by atoms with van der Waals surface area (Å²) < 4.78 is 47.7. The van der Waals surface area contributed by atoms with Crippen LogP contribution in [0.4, 0.5) is 24.7 Å². The molecule has 174 valence electrons. The first-order valence-electron chi connectivity index (χ1n) is 9.78. The van der Waals surface area contributed by atoms with Crippen molar-refractivity contribution in [1.29, 1.82) is 5.41 Å². The molecular formula is C22H20ClF3N4O3. The third kappa shape index (κ3) is 6.04. The van der Waals surface area contributed by atoms with Gasteiger partial charge in [-0.3, -0.25) is 4.79 Å². The number of hydrogen-bond acceptors (Lipinski definition) is 6. The molecule has 0 unspecified atom stereocenters. The number of aromatic nitrogens is 2. The van der Waals surface area contributed by atoms with Crippen molar-refractivity contribution in [3.8, 4) is 11.5 Å². The number of aromatic amines is 1. The van der Waals surface area contributed by atoms with Gasteiger partial charge < -0.3 is 25.2 Å². The zero-order valence-corrected chi connectivity index (χ0v) is 18.4. The van der Waals surface area contributed by atoms with Gasteiger partial charge in [-0.2, -0.15) is 0 Å². The van der Waals surface area contributed by atoms with Gasteiger partial charge in [0.25, 0.3) is 5.56 Å². The Morgan fingerprint density at radius 3 is 2.64 bits per heavy atom. The minimum atomic E-state index is -4.87. The second-order valence-corrected chi connectivity index (χ2v) is 7.31. The fourth-order valence-electron chi connectivity index (χ4n) is 3.09. The van der Waals surface area contributed by atoms with E-state index in [9.17, 15) is 18.0 Å². The van der Waals surface area contributed by atoms with Crippen LogP contribution in [-0.2, 0) is 6.42 Å². The van der Waals surface area contributed by atoms with Crippen LogP contribution >= 0.6 is 11.6 Å². The topological polar surface area (TPSA) is 100 Å². The molecule has 0 aliphatic carbocycles. The van der Waals surface area contributed by atoms with Crippen LogP contribution in [-0.4, -0.2) is 29.2 Å². The van der Waals surface area contributed by atoms with Gasteiger partial charge in [-0.05, 0) is 31.5 Å². The Hall–Kier alpha value is -3.53. The van der Waals surface area contributed by atoms with E-state index in [1.165, 1.54) is 18.2 Å². The van der Waals surface area contributed by atoms with Gasteiger partial charge in [-0.25, -0.2) is 4.98 Å². The van der Waals surface area contributed by atoms with Gasteiger partial charge in [-0.15, -0.1) is 13.2 Å². The standard InChI is InChI=1S/C22H20ClF3N4O3/c1-3-32-18-10-15(23)16(8-12(18)2)28-20-14(11-27)21(31)30-19(29-20)9-13-6-4-5-7-17(13)33-22(24,25)26/h4-8,10-11,27H,3,9H2,1-2H3,(H2,28,29,30,31). The molecule has 1 aromatic heterocycles. The molecule has 0 atom stereocenters. The van der Waals surface area contributed by atoms with Crippen molar-refractivity contribution in [3.63, 3.8) is 0 Å². The number of H-pyrrole nitrogens is 1. The van der Waals surface area contributed by atoms with Crippen LogP contribution in [0.2, 0.25) is 5.02 Å². The fourth-order valence-corrected chi connectivity index (χ4v) is 3.30. The van der Waals surface area contributed by atoms with Crippen LogP contribution in [0.5, 0.6) is 11.5 Å². The molecule has 0 bridgehead atoms. The van der Waals surface area contributed by atoms with Crippen molar-refractivity contribution in [3.05, 3.63) is 74.3 Å². The molecule has 3 N–H and O–H groups in total. The number of benzene rings is 2. The maximum absolute atomic E-state index is 12.7. The SMILES string of the molecule is CCOc1cc(Cl)c(Nc2nc(Cc3ccccc3OC(F)(F)F)[nH]c(=O)c2C=N)cc1C. The molecule has 0 saturated heterocycles. The summed E-state index contributed by atoms with van der Waals surface area (Å²) >= 11 is 6.34. The van der Waals surface area contributed by atoms with Gasteiger partial charge in [-0.1, -0.05) is 29.8 Å². The average molecular weight is 481 g/mol. The minimum Gasteiger partial charge on any atom is -0.494 e. The number of aryl methyl sites for hydroxylation is 1. The van der Waals surface area contributed by atoms with Gasteiger partial charge in [0.1, 0.15) is 23.1 Å². The Kier molecular flexibility index (Phi) is 7.27. The number of ether oxygens (including phenoxy) is 2. The van der Waals surface area contributed by atoms with Crippen molar-refractivity contribution < 1.29 is 22.6 Å². The van der Waals surface area contributed by atoms with Crippen molar-refractivity contribution in [2.75, 3.05) is 11.9 Å². The molecule has 0 spiro atoms. The molecule has 33 heavy (non-hydrogen) atoms. The van der Waals surface area contributed by atoms with E-state index in [0.29, 0.717) is 23.1 Å². The third-order valence-electron chi connectivity index (χ3n) is 4.52. The van der Waals surface area contributed by atoms with E-state index < -0.39 is 17.7 Å². The Bertz CT molecular complexity index is 1230. The minimum absolute atomic E-state index is 0.0310. The highest BCUT2D eigenvalue weighted by molar-refractivity contribution is 6.33. The van der Waals surface area contributed by atoms with Crippen molar-refractivity contribution in [2.24, 2.45) is 0 Å². The van der Waals surface area contributed by atoms with Gasteiger partial charge in [0.15, 0.2) is 0 Å². The van der Waals surface area contributed by atoms with E-state index in [0.717, 1.165) is 11.8 Å². The van der Waals surface area contributed by atoms with Crippen molar-refractivity contribution >= 4 is 29.3 Å². The highest BCUT2D eigenvalue weighted by atomic mass is 35.5. The van der Waals surface area contributed by atoms with Crippen LogP contribution < -0.4 is 20.3 Å². The number of hydrogen-bond donors (Lipinski definition) is 3. The summed E-state index contributed by atoms with van der Waals surface area (Å²) in [5.41, 5.74) is 0.669. The number of anilines is 2. The lowest BCUT2D eigenvalue weighted by molar-refractivity contribution is -0.274. The Balaban J connectivity index is 1.98. The maximum atomic E-state index is 12.7. The number of nitrogens with one attached hydrogen (secondary N) is 3. The molecule has 0 aliphatic rings. The van der Waals surface area contributed by atoms with E-state index in [2.05, 4.69) is 20.0 Å². The van der Waals surface area contributed by atoms with Crippen LogP contribution in [0, 0.1) is 12.3 Å². The molecule has 0 saturated carbocycles. The van der Waals surface area contributed by atoms with Gasteiger partial charge in [0.05, 0.1) is 22.9 Å². The summed E-state index contributed by atoms with van der Waals surface area (Å²) in [4.78, 5) is 19.3. The molecular weight excluding hydrogens is 461 g/mol. The largest absolute Gasteiger partial charge is 0.573 e. The zero-order valence-electron chi connectivity index (χ0n) is 17.6. The van der Waals surface area contributed by atoms with E-state index in [1.807, 2.05) is 13.8 Å². The van der Waals surface area contributed by atoms with Gasteiger partial charge >= 0.3 is 6.36 Å². The van der Waals surface area contributed by atoms with Gasteiger partial charge in [0, 0.05) is 24.3 Å². The molecule has 3 aromatic rings. The first-order valence-corrected chi connectivity index (χ1v) is 10.2. The summed E-state index contributed by atoms with van der Waals surface area (Å²) in [6, 6.07) is 8.88. The van der Waals surface area contributed by atoms with E-state index >= 15 is 0 Å². The summed E-state index contributed by atoms with van der Waals surface area (Å²) in [6.07, 6.45) is -4.19. The number of nitrogens with zero attached hydrogens (tertiary/aromatic N) is 1. The van der Waals surface area contributed by atoms with Crippen LogP contribution in [0.3, 0.4) is 0 Å².